The molecule has 0 unspecified atom stereocenters. The van der Waals surface area contributed by atoms with E-state index >= 15 is 0 Å². The molecule has 0 bridgehead atoms. The summed E-state index contributed by atoms with van der Waals surface area (Å²) in [5.41, 5.74) is 5.34. The van der Waals surface area contributed by atoms with Crippen LogP contribution in [0, 0.1) is 0 Å². The monoisotopic (exact) mass is 188 g/mol. The summed E-state index contributed by atoms with van der Waals surface area (Å²) in [6.45, 7) is 5.11. The van der Waals surface area contributed by atoms with E-state index in [-0.39, 0.29) is 0 Å². The highest BCUT2D eigenvalue weighted by atomic mass is 16.4. The molecule has 13 heavy (non-hydrogen) atoms. The number of carboxylic acid groups (broad SMARTS) is 1. The topological polar surface area (TPSA) is 75.3 Å². The zero-order valence-electron chi connectivity index (χ0n) is 8.42. The van der Waals surface area contributed by atoms with Crippen molar-refractivity contribution in [2.24, 2.45) is 5.73 Å². The highest BCUT2D eigenvalue weighted by Crippen LogP contribution is 1.98. The van der Waals surface area contributed by atoms with E-state index in [0.29, 0.717) is 12.5 Å². The molecule has 0 amide bonds. The number of unbranched alkanes of at least 4 members (excludes halogenated alkanes) is 1. The number of nitrogens with two attached hydrogens (primary N) is 1. The Labute approximate surface area is 79.5 Å². The lowest BCUT2D eigenvalue weighted by atomic mass is 10.1. The predicted octanol–water partition coefficient (Wildman–Crippen LogP) is 0.567. The summed E-state index contributed by atoms with van der Waals surface area (Å²) >= 11 is 0. The molecule has 0 spiro atoms. The van der Waals surface area contributed by atoms with Gasteiger partial charge in [-0.15, -0.1) is 0 Å². The van der Waals surface area contributed by atoms with Gasteiger partial charge in [0.25, 0.3) is 0 Å². The van der Waals surface area contributed by atoms with E-state index in [2.05, 4.69) is 19.2 Å². The summed E-state index contributed by atoms with van der Waals surface area (Å²) in [6.07, 6.45) is 2.42. The summed E-state index contributed by atoms with van der Waals surface area (Å²) in [6, 6.07) is -0.202. The Balaban J connectivity index is 3.21. The van der Waals surface area contributed by atoms with Crippen LogP contribution in [-0.2, 0) is 4.79 Å². The molecule has 0 rings (SSSR count). The van der Waals surface area contributed by atoms with E-state index in [0.717, 1.165) is 19.4 Å². The molecule has 78 valence electrons. The van der Waals surface area contributed by atoms with Crippen molar-refractivity contribution in [3.8, 4) is 0 Å². The van der Waals surface area contributed by atoms with Gasteiger partial charge in [-0.3, -0.25) is 4.79 Å². The van der Waals surface area contributed by atoms with Gasteiger partial charge in [-0.1, -0.05) is 20.3 Å². The van der Waals surface area contributed by atoms with E-state index < -0.39 is 12.0 Å². The molecule has 4 N–H and O–H groups in total. The van der Waals surface area contributed by atoms with E-state index in [1.807, 2.05) is 0 Å². The number of aliphatic carboxylic acids is 1. The van der Waals surface area contributed by atoms with Gasteiger partial charge in [0.05, 0.1) is 0 Å². The van der Waals surface area contributed by atoms with Gasteiger partial charge in [-0.25, -0.2) is 0 Å². The van der Waals surface area contributed by atoms with E-state index in [4.69, 9.17) is 10.8 Å². The summed E-state index contributed by atoms with van der Waals surface area (Å²) < 4.78 is 0. The zero-order valence-corrected chi connectivity index (χ0v) is 8.42. The average molecular weight is 188 g/mol. The number of hydrogen-bond acceptors (Lipinski definition) is 3. The quantitative estimate of drug-likeness (QED) is 0.510. The molecule has 0 aliphatic rings. The van der Waals surface area contributed by atoms with Gasteiger partial charge in [0.1, 0.15) is 6.04 Å². The number of nitrogens with one attached hydrogen (secondary N) is 1. The van der Waals surface area contributed by atoms with Crippen molar-refractivity contribution in [2.45, 2.75) is 45.2 Å². The SMILES string of the molecule is CC(C)NCCCC[C@H](N)C(=O)O. The minimum absolute atomic E-state index is 0.494. The van der Waals surface area contributed by atoms with Crippen LogP contribution < -0.4 is 11.1 Å². The van der Waals surface area contributed by atoms with E-state index in [1.54, 1.807) is 0 Å². The maximum atomic E-state index is 10.3. The first-order valence-electron chi connectivity index (χ1n) is 4.75. The van der Waals surface area contributed by atoms with Crippen molar-refractivity contribution < 1.29 is 9.90 Å². The molecule has 1 atom stereocenters. The van der Waals surface area contributed by atoms with Gasteiger partial charge < -0.3 is 16.2 Å². The van der Waals surface area contributed by atoms with Crippen LogP contribution in [0.4, 0.5) is 0 Å². The number of hydrogen-bond donors (Lipinski definition) is 3. The predicted molar refractivity (Wildman–Crippen MR) is 52.6 cm³/mol. The van der Waals surface area contributed by atoms with Crippen molar-refractivity contribution >= 4 is 5.97 Å². The second kappa shape index (κ2) is 6.86. The molecule has 0 saturated heterocycles. The molecule has 0 heterocycles. The largest absolute Gasteiger partial charge is 0.480 e. The third-order valence-corrected chi connectivity index (χ3v) is 1.81. The maximum Gasteiger partial charge on any atom is 0.320 e. The van der Waals surface area contributed by atoms with Gasteiger partial charge in [0.2, 0.25) is 0 Å². The molecular formula is C9H20N2O2. The Hall–Kier alpha value is -0.610. The molecule has 0 aromatic rings. The van der Waals surface area contributed by atoms with E-state index in [9.17, 15) is 4.79 Å². The highest BCUT2D eigenvalue weighted by Gasteiger charge is 2.09. The third-order valence-electron chi connectivity index (χ3n) is 1.81. The molecule has 0 aromatic carbocycles. The molecule has 0 aliphatic carbocycles. The summed E-state index contributed by atoms with van der Waals surface area (Å²) in [4.78, 5) is 10.3. The van der Waals surface area contributed by atoms with Gasteiger partial charge in [-0.2, -0.15) is 0 Å². The summed E-state index contributed by atoms with van der Waals surface area (Å²) in [7, 11) is 0. The lowest BCUT2D eigenvalue weighted by Gasteiger charge is -2.08. The summed E-state index contributed by atoms with van der Waals surface area (Å²) in [5.74, 6) is -0.906. The third kappa shape index (κ3) is 7.74. The number of carbonyl (C=O) groups is 1. The Morgan fingerprint density at radius 3 is 2.54 bits per heavy atom. The van der Waals surface area contributed by atoms with Crippen molar-refractivity contribution in [1.82, 2.24) is 5.32 Å². The van der Waals surface area contributed by atoms with Gasteiger partial charge in [0.15, 0.2) is 0 Å². The number of carboxylic acids is 1. The van der Waals surface area contributed by atoms with Crippen LogP contribution in [0.1, 0.15) is 33.1 Å². The Kier molecular flexibility index (Phi) is 6.54. The normalized spacial score (nSPS) is 13.2. The Morgan fingerprint density at radius 1 is 1.46 bits per heavy atom. The second-order valence-electron chi connectivity index (χ2n) is 3.55. The first kappa shape index (κ1) is 12.4. The zero-order chi connectivity index (χ0) is 10.3. The standard InChI is InChI=1S/C9H20N2O2/c1-7(2)11-6-4-3-5-8(10)9(12)13/h7-8,11H,3-6,10H2,1-2H3,(H,12,13)/t8-/m0/s1. The van der Waals surface area contributed by atoms with Crippen LogP contribution in [0.25, 0.3) is 0 Å². The first-order valence-corrected chi connectivity index (χ1v) is 4.75. The van der Waals surface area contributed by atoms with Crippen LogP contribution in [0.5, 0.6) is 0 Å². The van der Waals surface area contributed by atoms with Crippen molar-refractivity contribution in [3.05, 3.63) is 0 Å². The fourth-order valence-corrected chi connectivity index (χ4v) is 1.00. The molecular weight excluding hydrogens is 168 g/mol. The van der Waals surface area contributed by atoms with Gasteiger partial charge >= 0.3 is 5.97 Å². The lowest BCUT2D eigenvalue weighted by molar-refractivity contribution is -0.138. The first-order chi connectivity index (χ1) is 6.04. The smallest absolute Gasteiger partial charge is 0.320 e. The molecule has 0 aliphatic heterocycles. The molecule has 4 nitrogen and oxygen atoms in total. The van der Waals surface area contributed by atoms with Crippen LogP contribution >= 0.6 is 0 Å². The maximum absolute atomic E-state index is 10.3. The van der Waals surface area contributed by atoms with Crippen LogP contribution in [-0.4, -0.2) is 29.7 Å². The van der Waals surface area contributed by atoms with Crippen molar-refractivity contribution in [1.29, 1.82) is 0 Å². The van der Waals surface area contributed by atoms with E-state index in [1.165, 1.54) is 0 Å². The fourth-order valence-electron chi connectivity index (χ4n) is 1.00. The lowest BCUT2D eigenvalue weighted by Crippen LogP contribution is -2.30. The minimum atomic E-state index is -0.906. The average Bonchev–Trinajstić information content (AvgIpc) is 2.02. The van der Waals surface area contributed by atoms with Gasteiger partial charge in [-0.05, 0) is 19.4 Å². The molecule has 0 fully saturated rings. The van der Waals surface area contributed by atoms with Crippen LogP contribution in [0.2, 0.25) is 0 Å². The Morgan fingerprint density at radius 2 is 2.08 bits per heavy atom. The van der Waals surface area contributed by atoms with Crippen molar-refractivity contribution in [3.63, 3.8) is 0 Å². The second-order valence-corrected chi connectivity index (χ2v) is 3.55. The van der Waals surface area contributed by atoms with Crippen LogP contribution in [0.15, 0.2) is 0 Å². The Bertz CT molecular complexity index is 149. The van der Waals surface area contributed by atoms with Gasteiger partial charge in [0, 0.05) is 6.04 Å². The fraction of sp³-hybridized carbons (Fsp3) is 0.889. The van der Waals surface area contributed by atoms with Crippen molar-refractivity contribution in [2.75, 3.05) is 6.54 Å². The molecule has 0 saturated carbocycles. The molecule has 0 radical (unpaired) electrons. The summed E-state index contributed by atoms with van der Waals surface area (Å²) in [5, 5.41) is 11.7. The minimum Gasteiger partial charge on any atom is -0.480 e. The van der Waals surface area contributed by atoms with Crippen LogP contribution in [0.3, 0.4) is 0 Å². The number of rotatable bonds is 7. The molecule has 0 aromatic heterocycles. The molecule has 4 heteroatoms. The highest BCUT2D eigenvalue weighted by molar-refractivity contribution is 5.72.